The van der Waals surface area contributed by atoms with Gasteiger partial charge >= 0.3 is 12.2 Å². The molecule has 0 spiro atoms. The summed E-state index contributed by atoms with van der Waals surface area (Å²) < 4.78 is 4.78. The number of halogens is 1. The molecule has 4 amide bonds. The summed E-state index contributed by atoms with van der Waals surface area (Å²) in [7, 11) is 2.74. The zero-order valence-electron chi connectivity index (χ0n) is 33.9. The van der Waals surface area contributed by atoms with Gasteiger partial charge in [0, 0.05) is 35.8 Å². The van der Waals surface area contributed by atoms with Crippen molar-refractivity contribution in [3.63, 3.8) is 0 Å². The number of likely N-dealkylation sites (N-methyl/N-ethyl adjacent to an activating group) is 1. The van der Waals surface area contributed by atoms with Gasteiger partial charge in [-0.3, -0.25) is 14.5 Å². The zero-order chi connectivity index (χ0) is 41.9. The number of piperidine rings is 2. The van der Waals surface area contributed by atoms with Crippen LogP contribution in [-0.2, 0) is 14.3 Å². The number of fused-ring (bicyclic) bond motifs is 2. The number of benzene rings is 2. The number of carboxylic acid groups (broad SMARTS) is 1. The molecule has 0 radical (unpaired) electrons. The molecule has 4 N–H and O–H groups in total. The molecule has 2 aliphatic heterocycles. The monoisotopic (exact) mass is 820 g/mol. The van der Waals surface area contributed by atoms with Crippen molar-refractivity contribution in [2.45, 2.75) is 89.6 Å². The number of aromatic amines is 2. The standard InChI is InChI=1S/C44H49ClN8O6/c1-22(2)35(49-43(56)59-6)41(54)52-31-17-28(31)19-33(52)39-46-21-30(47-39)26-13-9-24(10-14-26)7-8-25-11-15-27(16-12-25)36-38(45)50-40(48-36)34-20-29-18-32(29)53(34)42(55)37(23(3)4)51(5)44(57)58/h9-16,21-23,28-29,31-35,37H,17-20H2,1-6H3,(H,46,47)(H,48,50)(H,49,56)(H,57,58)/t28-,29+,31+,32+,33-,34-,35-,37-/m0/s1. The van der Waals surface area contributed by atoms with E-state index in [1.807, 2.05) is 86.0 Å². The number of nitrogens with zero attached hydrogens (tertiary/aromatic N) is 5. The van der Waals surface area contributed by atoms with Crippen LogP contribution < -0.4 is 5.32 Å². The highest BCUT2D eigenvalue weighted by Gasteiger charge is 2.57. The number of H-pyrrole nitrogens is 2. The Balaban J connectivity index is 0.922. The second-order valence-corrected chi connectivity index (χ2v) is 17.3. The number of methoxy groups -OCH3 is 1. The average Bonchev–Trinajstić information content (AvgIpc) is 3.86. The Morgan fingerprint density at radius 1 is 0.831 bits per heavy atom. The van der Waals surface area contributed by atoms with Crippen molar-refractivity contribution in [1.29, 1.82) is 0 Å². The van der Waals surface area contributed by atoms with Crippen molar-refractivity contribution >= 4 is 35.6 Å². The van der Waals surface area contributed by atoms with E-state index < -0.39 is 24.3 Å². The van der Waals surface area contributed by atoms with Crippen LogP contribution in [0, 0.1) is 35.5 Å². The average molecular weight is 821 g/mol. The topological polar surface area (TPSA) is 177 Å². The molecule has 8 atom stereocenters. The number of nitrogens with one attached hydrogen (secondary N) is 3. The normalized spacial score (nSPS) is 23.5. The zero-order valence-corrected chi connectivity index (χ0v) is 34.7. The fourth-order valence-corrected chi connectivity index (χ4v) is 9.27. The Bertz CT molecular complexity index is 2330. The molecule has 0 bridgehead atoms. The maximum Gasteiger partial charge on any atom is 0.407 e. The van der Waals surface area contributed by atoms with E-state index in [-0.39, 0.29) is 47.8 Å². The summed E-state index contributed by atoms with van der Waals surface area (Å²) in [5, 5.41) is 12.8. The van der Waals surface area contributed by atoms with Gasteiger partial charge in [-0.05, 0) is 79.2 Å². The van der Waals surface area contributed by atoms with E-state index in [4.69, 9.17) is 26.3 Å². The fraction of sp³-hybridized carbons (Fsp3) is 0.455. The maximum absolute atomic E-state index is 13.9. The third-order valence-corrected chi connectivity index (χ3v) is 12.6. The van der Waals surface area contributed by atoms with Crippen LogP contribution in [0.2, 0.25) is 5.15 Å². The van der Waals surface area contributed by atoms with Gasteiger partial charge in [0.2, 0.25) is 11.8 Å². The van der Waals surface area contributed by atoms with E-state index >= 15 is 0 Å². The van der Waals surface area contributed by atoms with Crippen molar-refractivity contribution in [2.75, 3.05) is 14.2 Å². The SMILES string of the molecule is COC(=O)N[C@H](C(=O)N1[C@@H]2C[C@H]2C[C@H]1c1ncc(-c2ccc(C#Cc3ccc(-c4nc([C@@H]5C[C@H]6C[C@H]6N5C(=O)[C@H](C(C)C)N(C)C(=O)O)[nH]c4Cl)cc3)cc2)[nH]1)C(C)C. The molecule has 308 valence electrons. The van der Waals surface area contributed by atoms with Crippen LogP contribution in [0.4, 0.5) is 9.59 Å². The van der Waals surface area contributed by atoms with Gasteiger partial charge in [-0.15, -0.1) is 0 Å². The van der Waals surface area contributed by atoms with Gasteiger partial charge in [0.1, 0.15) is 34.6 Å². The quantitative estimate of drug-likeness (QED) is 0.126. The number of hydrogen-bond donors (Lipinski definition) is 4. The lowest BCUT2D eigenvalue weighted by atomic mass is 10.0. The Labute approximate surface area is 348 Å². The number of carbonyl (C=O) groups excluding carboxylic acids is 3. The number of alkyl carbamates (subject to hydrolysis) is 1. The van der Waals surface area contributed by atoms with Crippen molar-refractivity contribution in [2.24, 2.45) is 23.7 Å². The van der Waals surface area contributed by atoms with Gasteiger partial charge < -0.3 is 34.9 Å². The molecule has 4 aromatic rings. The van der Waals surface area contributed by atoms with Crippen LogP contribution in [0.15, 0.2) is 54.7 Å². The van der Waals surface area contributed by atoms with Crippen molar-refractivity contribution in [3.05, 3.63) is 82.7 Å². The van der Waals surface area contributed by atoms with E-state index in [1.165, 1.54) is 14.2 Å². The van der Waals surface area contributed by atoms with Crippen molar-refractivity contribution in [3.8, 4) is 34.4 Å². The molecule has 59 heavy (non-hydrogen) atoms. The molecule has 15 heteroatoms. The van der Waals surface area contributed by atoms with Crippen LogP contribution in [0.3, 0.4) is 0 Å². The first kappa shape index (κ1) is 40.0. The fourth-order valence-electron chi connectivity index (χ4n) is 9.02. The first-order valence-electron chi connectivity index (χ1n) is 20.2. The Kier molecular flexibility index (Phi) is 10.7. The van der Waals surface area contributed by atoms with Gasteiger partial charge in [-0.2, -0.15) is 0 Å². The van der Waals surface area contributed by atoms with E-state index in [9.17, 15) is 24.3 Å². The molecule has 0 unspecified atom stereocenters. The summed E-state index contributed by atoms with van der Waals surface area (Å²) in [5.41, 5.74) is 4.81. The van der Waals surface area contributed by atoms with Crippen molar-refractivity contribution < 1.29 is 29.0 Å². The summed E-state index contributed by atoms with van der Waals surface area (Å²) in [4.78, 5) is 72.5. The van der Waals surface area contributed by atoms with Crippen LogP contribution in [0.1, 0.15) is 88.2 Å². The summed E-state index contributed by atoms with van der Waals surface area (Å²) in [6.45, 7) is 7.54. The van der Waals surface area contributed by atoms with Crippen LogP contribution in [-0.4, -0.2) is 102 Å². The number of aromatic nitrogens is 4. The molecule has 2 saturated carbocycles. The largest absolute Gasteiger partial charge is 0.465 e. The molecule has 4 fully saturated rings. The third kappa shape index (κ3) is 7.76. The summed E-state index contributed by atoms with van der Waals surface area (Å²) in [5.74, 6) is 7.98. The lowest BCUT2D eigenvalue weighted by Gasteiger charge is -2.35. The van der Waals surface area contributed by atoms with Crippen LogP contribution >= 0.6 is 11.6 Å². The summed E-state index contributed by atoms with van der Waals surface area (Å²) in [6, 6.07) is 13.8. The predicted molar refractivity (Wildman–Crippen MR) is 220 cm³/mol. The number of hydrogen-bond acceptors (Lipinski definition) is 7. The van der Waals surface area contributed by atoms with Gasteiger partial charge in [0.05, 0.1) is 31.1 Å². The molecule has 2 saturated heterocycles. The lowest BCUT2D eigenvalue weighted by Crippen LogP contribution is -2.52. The number of likely N-dealkylation sites (tertiary alicyclic amines) is 2. The molecule has 2 aliphatic carbocycles. The van der Waals surface area contributed by atoms with Crippen LogP contribution in [0.25, 0.3) is 22.5 Å². The number of amides is 4. The minimum atomic E-state index is -1.14. The minimum absolute atomic E-state index is 0.0792. The number of imidazole rings is 2. The Hall–Kier alpha value is -5.81. The molecule has 2 aromatic carbocycles. The molecule has 2 aromatic heterocycles. The van der Waals surface area contributed by atoms with E-state index in [0.717, 1.165) is 64.4 Å². The van der Waals surface area contributed by atoms with Gasteiger partial charge in [0.25, 0.3) is 0 Å². The third-order valence-electron chi connectivity index (χ3n) is 12.3. The number of rotatable bonds is 10. The molecule has 8 rings (SSSR count). The Morgan fingerprint density at radius 2 is 1.39 bits per heavy atom. The van der Waals surface area contributed by atoms with Gasteiger partial charge in [0.15, 0.2) is 0 Å². The first-order chi connectivity index (χ1) is 28.2. The van der Waals surface area contributed by atoms with E-state index in [2.05, 4.69) is 27.1 Å². The predicted octanol–water partition coefficient (Wildman–Crippen LogP) is 6.86. The maximum atomic E-state index is 13.9. The highest BCUT2D eigenvalue weighted by Crippen LogP contribution is 2.55. The molecule has 4 aliphatic rings. The van der Waals surface area contributed by atoms with Gasteiger partial charge in [-0.1, -0.05) is 75.4 Å². The molecular weight excluding hydrogens is 772 g/mol. The molecular formula is C44H49ClN8O6. The smallest absolute Gasteiger partial charge is 0.407 e. The second-order valence-electron chi connectivity index (χ2n) is 16.9. The Morgan fingerprint density at radius 3 is 1.93 bits per heavy atom. The summed E-state index contributed by atoms with van der Waals surface area (Å²) >= 11 is 6.70. The van der Waals surface area contributed by atoms with E-state index in [0.29, 0.717) is 28.5 Å². The van der Waals surface area contributed by atoms with E-state index in [1.54, 1.807) is 6.20 Å². The highest BCUT2D eigenvalue weighted by atomic mass is 35.5. The lowest BCUT2D eigenvalue weighted by molar-refractivity contribution is -0.140. The highest BCUT2D eigenvalue weighted by molar-refractivity contribution is 6.31. The van der Waals surface area contributed by atoms with Crippen LogP contribution in [0.5, 0.6) is 0 Å². The minimum Gasteiger partial charge on any atom is -0.465 e. The summed E-state index contributed by atoms with van der Waals surface area (Å²) in [6.07, 6.45) is 3.49. The first-order valence-corrected chi connectivity index (χ1v) is 20.6. The number of carbonyl (C=O) groups is 4. The molecule has 4 heterocycles. The van der Waals surface area contributed by atoms with Gasteiger partial charge in [-0.25, -0.2) is 19.6 Å². The van der Waals surface area contributed by atoms with Crippen molar-refractivity contribution in [1.82, 2.24) is 40.0 Å². The number of ether oxygens (including phenoxy) is 1. The second kappa shape index (κ2) is 15.7. The molecule has 14 nitrogen and oxygen atoms in total.